The van der Waals surface area contributed by atoms with Gasteiger partial charge in [-0.2, -0.15) is 0 Å². The molecule has 0 fully saturated rings. The molecule has 11 aromatic rings. The minimum Gasteiger partial charge on any atom is -0.309 e. The van der Waals surface area contributed by atoms with Crippen LogP contribution in [0, 0.1) is 0 Å². The average molecular weight is 760 g/mol. The molecule has 0 unspecified atom stereocenters. The number of fused-ring (bicyclic) bond motifs is 9. The Morgan fingerprint density at radius 3 is 1.82 bits per heavy atom. The predicted octanol–water partition coefficient (Wildman–Crippen LogP) is 10.6. The van der Waals surface area contributed by atoms with Gasteiger partial charge in [0.25, 0.3) is 0 Å². The first-order chi connectivity index (χ1) is 28.3. The van der Waals surface area contributed by atoms with Crippen molar-refractivity contribution in [3.05, 3.63) is 200 Å². The first kappa shape index (κ1) is 32.3. The van der Waals surface area contributed by atoms with Crippen LogP contribution in [0.1, 0.15) is 0 Å². The Bertz CT molecular complexity index is 3300. The SMILES string of the molecule is c1ccc(-c2nc(-c3ccc(-n4c5ccccc5c5cc6sc7ccccc7c6cc54)cc3)nc3c2-c2ccccc2[Si]3(c2ccccc2)c2ccccc2)cc1. The van der Waals surface area contributed by atoms with Gasteiger partial charge in [0, 0.05) is 53.3 Å². The van der Waals surface area contributed by atoms with Crippen molar-refractivity contribution in [2.45, 2.75) is 0 Å². The normalized spacial score (nSPS) is 13.1. The standard InChI is InChI=1S/C52H33N3SSi/c1-4-16-34(17-5-1)50-49-41-24-12-15-27-48(41)57(37-18-6-2-7-19-37,38-20-8-3-9-21-38)52(49)54-51(53-50)35-28-30-36(31-29-35)55-44-25-13-10-22-39(44)42-33-47-43(32-45(42)55)40-23-11-14-26-46(40)56-47/h1-33H. The summed E-state index contributed by atoms with van der Waals surface area (Å²) in [6.07, 6.45) is 0. The molecule has 0 radical (unpaired) electrons. The van der Waals surface area contributed by atoms with Crippen LogP contribution in [-0.2, 0) is 0 Å². The van der Waals surface area contributed by atoms with Gasteiger partial charge in [0.05, 0.1) is 22.0 Å². The largest absolute Gasteiger partial charge is 0.309 e. The Labute approximate surface area is 334 Å². The van der Waals surface area contributed by atoms with Crippen molar-refractivity contribution in [3.8, 4) is 39.5 Å². The van der Waals surface area contributed by atoms with Crippen LogP contribution < -0.4 is 20.9 Å². The van der Waals surface area contributed by atoms with Crippen molar-refractivity contribution in [2.75, 3.05) is 0 Å². The van der Waals surface area contributed by atoms with Crippen molar-refractivity contribution in [2.24, 2.45) is 0 Å². The Hall–Kier alpha value is -6.92. The molecule has 0 bridgehead atoms. The van der Waals surface area contributed by atoms with Crippen LogP contribution in [0.4, 0.5) is 0 Å². The zero-order valence-corrected chi connectivity index (χ0v) is 32.6. The Balaban J connectivity index is 1.10. The molecular formula is C52H33N3SSi. The first-order valence-electron chi connectivity index (χ1n) is 19.4. The summed E-state index contributed by atoms with van der Waals surface area (Å²) in [5.41, 5.74) is 8.94. The summed E-state index contributed by atoms with van der Waals surface area (Å²) < 4.78 is 5.05. The van der Waals surface area contributed by atoms with Gasteiger partial charge >= 0.3 is 0 Å². The number of benzene rings is 8. The highest BCUT2D eigenvalue weighted by molar-refractivity contribution is 7.26. The minimum absolute atomic E-state index is 0.740. The lowest BCUT2D eigenvalue weighted by Crippen LogP contribution is -2.73. The second-order valence-corrected chi connectivity index (χ2v) is 19.6. The topological polar surface area (TPSA) is 30.7 Å². The van der Waals surface area contributed by atoms with Crippen LogP contribution in [-0.4, -0.2) is 22.6 Å². The summed E-state index contributed by atoms with van der Waals surface area (Å²) in [5.74, 6) is 0.740. The summed E-state index contributed by atoms with van der Waals surface area (Å²) in [5, 5.41) is 10.3. The highest BCUT2D eigenvalue weighted by Crippen LogP contribution is 2.41. The van der Waals surface area contributed by atoms with Crippen molar-refractivity contribution in [1.82, 2.24) is 14.5 Å². The van der Waals surface area contributed by atoms with Crippen LogP contribution >= 0.6 is 11.3 Å². The molecule has 0 saturated carbocycles. The third kappa shape index (κ3) is 4.70. The number of para-hydroxylation sites is 1. The van der Waals surface area contributed by atoms with Gasteiger partial charge in [-0.05, 0) is 69.7 Å². The van der Waals surface area contributed by atoms with E-state index in [0.29, 0.717) is 0 Å². The Morgan fingerprint density at radius 1 is 0.439 bits per heavy atom. The molecule has 0 spiro atoms. The molecule has 0 amide bonds. The van der Waals surface area contributed by atoms with Gasteiger partial charge in [-0.25, -0.2) is 9.97 Å². The fourth-order valence-corrected chi connectivity index (χ4v) is 15.6. The molecule has 3 nitrogen and oxygen atoms in total. The fourth-order valence-electron chi connectivity index (χ4n) is 9.43. The molecule has 0 N–H and O–H groups in total. The number of rotatable bonds is 5. The fraction of sp³-hybridized carbons (Fsp3) is 0. The second-order valence-electron chi connectivity index (χ2n) is 14.9. The Kier molecular flexibility index (Phi) is 7.12. The lowest BCUT2D eigenvalue weighted by atomic mass is 10.0. The van der Waals surface area contributed by atoms with Crippen molar-refractivity contribution >= 4 is 82.3 Å². The Morgan fingerprint density at radius 2 is 1.07 bits per heavy atom. The second kappa shape index (κ2) is 12.5. The van der Waals surface area contributed by atoms with E-state index in [1.54, 1.807) is 0 Å². The zero-order chi connectivity index (χ0) is 37.5. The van der Waals surface area contributed by atoms with E-state index in [4.69, 9.17) is 9.97 Å². The quantitative estimate of drug-likeness (QED) is 0.164. The van der Waals surface area contributed by atoms with E-state index in [1.165, 1.54) is 63.1 Å². The van der Waals surface area contributed by atoms with Gasteiger partial charge in [-0.3, -0.25) is 0 Å². The van der Waals surface area contributed by atoms with Gasteiger partial charge in [-0.1, -0.05) is 152 Å². The van der Waals surface area contributed by atoms with Crippen molar-refractivity contribution in [1.29, 1.82) is 0 Å². The zero-order valence-electron chi connectivity index (χ0n) is 30.8. The van der Waals surface area contributed by atoms with E-state index in [1.807, 2.05) is 11.3 Å². The molecule has 5 heteroatoms. The van der Waals surface area contributed by atoms with Gasteiger partial charge in [-0.15, -0.1) is 11.3 Å². The van der Waals surface area contributed by atoms with Crippen LogP contribution in [0.25, 0.3) is 81.4 Å². The maximum Gasteiger partial charge on any atom is 0.203 e. The van der Waals surface area contributed by atoms with Gasteiger partial charge < -0.3 is 4.57 Å². The lowest BCUT2D eigenvalue weighted by Gasteiger charge is -2.30. The molecule has 8 aromatic carbocycles. The van der Waals surface area contributed by atoms with Crippen LogP contribution in [0.5, 0.6) is 0 Å². The van der Waals surface area contributed by atoms with E-state index >= 15 is 0 Å². The number of aromatic nitrogens is 3. The van der Waals surface area contributed by atoms with Crippen LogP contribution in [0.3, 0.4) is 0 Å². The summed E-state index contributed by atoms with van der Waals surface area (Å²) >= 11 is 1.87. The third-order valence-corrected chi connectivity index (χ3v) is 17.7. The van der Waals surface area contributed by atoms with E-state index in [-0.39, 0.29) is 0 Å². The molecule has 4 heterocycles. The molecule has 0 saturated heterocycles. The summed E-state index contributed by atoms with van der Waals surface area (Å²) in [7, 11) is -2.86. The molecule has 1 aliphatic rings. The average Bonchev–Trinajstić information content (AvgIpc) is 3.92. The molecule has 1 aliphatic heterocycles. The third-order valence-electron chi connectivity index (χ3n) is 11.9. The van der Waals surface area contributed by atoms with Crippen LogP contribution in [0.15, 0.2) is 200 Å². The highest BCUT2D eigenvalue weighted by Gasteiger charge is 2.51. The van der Waals surface area contributed by atoms with E-state index in [2.05, 4.69) is 205 Å². The van der Waals surface area contributed by atoms with E-state index < -0.39 is 8.07 Å². The van der Waals surface area contributed by atoms with Crippen molar-refractivity contribution in [3.63, 3.8) is 0 Å². The minimum atomic E-state index is -2.86. The number of hydrogen-bond acceptors (Lipinski definition) is 3. The van der Waals surface area contributed by atoms with E-state index in [9.17, 15) is 0 Å². The monoisotopic (exact) mass is 759 g/mol. The molecule has 266 valence electrons. The molecule has 0 atom stereocenters. The van der Waals surface area contributed by atoms with Crippen LogP contribution in [0.2, 0.25) is 0 Å². The van der Waals surface area contributed by atoms with Crippen molar-refractivity contribution < 1.29 is 0 Å². The predicted molar refractivity (Wildman–Crippen MR) is 243 cm³/mol. The van der Waals surface area contributed by atoms with Gasteiger partial charge in [0.1, 0.15) is 0 Å². The first-order valence-corrected chi connectivity index (χ1v) is 22.2. The summed E-state index contributed by atoms with van der Waals surface area (Å²) in [6.45, 7) is 0. The maximum atomic E-state index is 5.73. The molecule has 12 rings (SSSR count). The molecule has 3 aromatic heterocycles. The highest BCUT2D eigenvalue weighted by atomic mass is 32.1. The number of nitrogens with zero attached hydrogens (tertiary/aromatic N) is 3. The van der Waals surface area contributed by atoms with Gasteiger partial charge in [0.15, 0.2) is 5.82 Å². The molecular weight excluding hydrogens is 727 g/mol. The van der Waals surface area contributed by atoms with Gasteiger partial charge in [0.2, 0.25) is 8.07 Å². The van der Waals surface area contributed by atoms with E-state index in [0.717, 1.165) is 39.2 Å². The lowest BCUT2D eigenvalue weighted by molar-refractivity contribution is 1.17. The number of thiophene rings is 1. The number of hydrogen-bond donors (Lipinski definition) is 0. The summed E-state index contributed by atoms with van der Waals surface area (Å²) in [6, 6.07) is 73.0. The smallest absolute Gasteiger partial charge is 0.203 e. The maximum absolute atomic E-state index is 5.73. The summed E-state index contributed by atoms with van der Waals surface area (Å²) in [4.78, 5) is 11.2. The molecule has 57 heavy (non-hydrogen) atoms. The molecule has 0 aliphatic carbocycles.